The van der Waals surface area contributed by atoms with Crippen molar-refractivity contribution in [2.45, 2.75) is 0 Å². The van der Waals surface area contributed by atoms with Crippen LogP contribution in [0.3, 0.4) is 0 Å². The van der Waals surface area contributed by atoms with E-state index >= 15 is 0 Å². The van der Waals surface area contributed by atoms with Crippen molar-refractivity contribution in [2.24, 2.45) is 0 Å². The molecule has 2 aromatic rings. The highest BCUT2D eigenvalue weighted by Gasteiger charge is 2.08. The van der Waals surface area contributed by atoms with Crippen LogP contribution in [0.2, 0.25) is 0 Å². The third kappa shape index (κ3) is 1.56. The second-order valence-electron chi connectivity index (χ2n) is 3.20. The van der Waals surface area contributed by atoms with Crippen molar-refractivity contribution in [1.82, 2.24) is 0 Å². The topological polar surface area (TPSA) is 38.7 Å². The van der Waals surface area contributed by atoms with Gasteiger partial charge in [-0.2, -0.15) is 0 Å². The van der Waals surface area contributed by atoms with Crippen LogP contribution in [-0.4, -0.2) is 19.3 Å². The van der Waals surface area contributed by atoms with E-state index < -0.39 is 0 Å². The quantitative estimate of drug-likeness (QED) is 0.817. The van der Waals surface area contributed by atoms with Crippen LogP contribution in [0.5, 0.6) is 17.2 Å². The number of phenols is 1. The molecule has 0 amide bonds. The number of rotatable bonds is 2. The molecule has 1 N–H and O–H groups in total. The number of hydrogen-bond acceptors (Lipinski definition) is 3. The number of phenolic OH excluding ortho intramolecular Hbond substituents is 1. The van der Waals surface area contributed by atoms with Gasteiger partial charge in [-0.05, 0) is 17.5 Å². The second kappa shape index (κ2) is 3.69. The Balaban J connectivity index is 2.81. The van der Waals surface area contributed by atoms with Crippen LogP contribution in [0.15, 0.2) is 30.3 Å². The molecule has 3 heteroatoms. The van der Waals surface area contributed by atoms with Crippen LogP contribution >= 0.6 is 0 Å². The van der Waals surface area contributed by atoms with Gasteiger partial charge in [0.15, 0.2) is 0 Å². The van der Waals surface area contributed by atoms with E-state index in [1.165, 1.54) is 0 Å². The largest absolute Gasteiger partial charge is 0.507 e. The van der Waals surface area contributed by atoms with Crippen LogP contribution in [-0.2, 0) is 0 Å². The van der Waals surface area contributed by atoms with Crippen molar-refractivity contribution in [2.75, 3.05) is 14.2 Å². The standard InChI is InChI=1S/C12H12O3/c1-14-9-6-8-4-3-5-10(13)12(8)11(7-9)15-2/h3-7,13H,1-2H3. The van der Waals surface area contributed by atoms with Gasteiger partial charge >= 0.3 is 0 Å². The number of methoxy groups -OCH3 is 2. The van der Waals surface area contributed by atoms with Crippen molar-refractivity contribution in [3.63, 3.8) is 0 Å². The fourth-order valence-electron chi connectivity index (χ4n) is 1.62. The molecule has 0 aliphatic rings. The van der Waals surface area contributed by atoms with Crippen molar-refractivity contribution in [1.29, 1.82) is 0 Å². The van der Waals surface area contributed by atoms with E-state index in [1.807, 2.05) is 12.1 Å². The molecule has 0 unspecified atom stereocenters. The second-order valence-corrected chi connectivity index (χ2v) is 3.20. The zero-order valence-electron chi connectivity index (χ0n) is 8.65. The summed E-state index contributed by atoms with van der Waals surface area (Å²) >= 11 is 0. The minimum Gasteiger partial charge on any atom is -0.507 e. The first-order valence-electron chi connectivity index (χ1n) is 4.60. The molecular weight excluding hydrogens is 192 g/mol. The maximum atomic E-state index is 9.73. The third-order valence-corrected chi connectivity index (χ3v) is 2.35. The minimum atomic E-state index is 0.215. The predicted octanol–water partition coefficient (Wildman–Crippen LogP) is 2.56. The summed E-state index contributed by atoms with van der Waals surface area (Å²) in [5, 5.41) is 11.3. The van der Waals surface area contributed by atoms with E-state index in [0.29, 0.717) is 16.9 Å². The number of fused-ring (bicyclic) bond motifs is 1. The van der Waals surface area contributed by atoms with E-state index in [1.54, 1.807) is 32.4 Å². The number of hydrogen-bond donors (Lipinski definition) is 1. The highest BCUT2D eigenvalue weighted by atomic mass is 16.5. The highest BCUT2D eigenvalue weighted by Crippen LogP contribution is 2.36. The lowest BCUT2D eigenvalue weighted by Crippen LogP contribution is -1.88. The maximum Gasteiger partial charge on any atom is 0.134 e. The summed E-state index contributed by atoms with van der Waals surface area (Å²) in [6, 6.07) is 8.94. The smallest absolute Gasteiger partial charge is 0.134 e. The van der Waals surface area contributed by atoms with Crippen LogP contribution in [0.4, 0.5) is 0 Å². The summed E-state index contributed by atoms with van der Waals surface area (Å²) in [4.78, 5) is 0. The number of ether oxygens (including phenoxy) is 2. The van der Waals surface area contributed by atoms with Gasteiger partial charge in [-0.1, -0.05) is 12.1 Å². The Morgan fingerprint density at radius 2 is 1.87 bits per heavy atom. The fourth-order valence-corrected chi connectivity index (χ4v) is 1.62. The maximum absolute atomic E-state index is 9.73. The Kier molecular flexibility index (Phi) is 2.37. The molecule has 78 valence electrons. The van der Waals surface area contributed by atoms with Gasteiger partial charge in [0.25, 0.3) is 0 Å². The van der Waals surface area contributed by atoms with Gasteiger partial charge in [0.1, 0.15) is 17.2 Å². The first-order valence-corrected chi connectivity index (χ1v) is 4.60. The van der Waals surface area contributed by atoms with Gasteiger partial charge in [-0.3, -0.25) is 0 Å². The Hall–Kier alpha value is -1.90. The highest BCUT2D eigenvalue weighted by molar-refractivity contribution is 5.94. The van der Waals surface area contributed by atoms with Gasteiger partial charge < -0.3 is 14.6 Å². The molecule has 0 aliphatic carbocycles. The van der Waals surface area contributed by atoms with Crippen molar-refractivity contribution >= 4 is 10.8 Å². The zero-order chi connectivity index (χ0) is 10.8. The van der Waals surface area contributed by atoms with E-state index in [4.69, 9.17) is 9.47 Å². The first kappa shape index (κ1) is 9.65. The van der Waals surface area contributed by atoms with Gasteiger partial charge in [0.05, 0.1) is 19.6 Å². The Morgan fingerprint density at radius 1 is 1.07 bits per heavy atom. The fraction of sp³-hybridized carbons (Fsp3) is 0.167. The lowest BCUT2D eigenvalue weighted by atomic mass is 10.1. The van der Waals surface area contributed by atoms with E-state index in [0.717, 1.165) is 5.39 Å². The average Bonchev–Trinajstić information content (AvgIpc) is 2.27. The Labute approximate surface area is 87.9 Å². The normalized spacial score (nSPS) is 10.3. The molecule has 0 radical (unpaired) electrons. The molecule has 0 spiro atoms. The van der Waals surface area contributed by atoms with Crippen molar-refractivity contribution in [3.05, 3.63) is 30.3 Å². The van der Waals surface area contributed by atoms with Crippen LogP contribution in [0.1, 0.15) is 0 Å². The molecule has 0 saturated heterocycles. The molecule has 2 rings (SSSR count). The summed E-state index contributed by atoms with van der Waals surface area (Å²) in [6.45, 7) is 0. The summed E-state index contributed by atoms with van der Waals surface area (Å²) in [5.74, 6) is 1.54. The first-order chi connectivity index (χ1) is 7.26. The third-order valence-electron chi connectivity index (χ3n) is 2.35. The Morgan fingerprint density at radius 3 is 2.53 bits per heavy atom. The number of benzene rings is 2. The van der Waals surface area contributed by atoms with Crippen LogP contribution < -0.4 is 9.47 Å². The molecule has 0 saturated carbocycles. The number of aromatic hydroxyl groups is 1. The summed E-state index contributed by atoms with van der Waals surface area (Å²) in [5.41, 5.74) is 0. The zero-order valence-corrected chi connectivity index (χ0v) is 8.65. The molecular formula is C12H12O3. The minimum absolute atomic E-state index is 0.215. The molecule has 15 heavy (non-hydrogen) atoms. The molecule has 0 aliphatic heterocycles. The Bertz CT molecular complexity index is 491. The van der Waals surface area contributed by atoms with Gasteiger partial charge in [-0.25, -0.2) is 0 Å². The van der Waals surface area contributed by atoms with Crippen LogP contribution in [0.25, 0.3) is 10.8 Å². The predicted molar refractivity (Wildman–Crippen MR) is 58.7 cm³/mol. The summed E-state index contributed by atoms with van der Waals surface area (Å²) in [6.07, 6.45) is 0. The lowest BCUT2D eigenvalue weighted by Gasteiger charge is -2.09. The van der Waals surface area contributed by atoms with E-state index in [2.05, 4.69) is 0 Å². The molecule has 2 aromatic carbocycles. The van der Waals surface area contributed by atoms with Crippen molar-refractivity contribution in [3.8, 4) is 17.2 Å². The lowest BCUT2D eigenvalue weighted by molar-refractivity contribution is 0.396. The molecule has 0 atom stereocenters. The summed E-state index contributed by atoms with van der Waals surface area (Å²) < 4.78 is 10.4. The van der Waals surface area contributed by atoms with Gasteiger partial charge in [-0.15, -0.1) is 0 Å². The van der Waals surface area contributed by atoms with E-state index in [-0.39, 0.29) is 5.75 Å². The molecule has 0 fully saturated rings. The molecule has 0 aromatic heterocycles. The van der Waals surface area contributed by atoms with Crippen molar-refractivity contribution < 1.29 is 14.6 Å². The molecule has 3 nitrogen and oxygen atoms in total. The molecule has 0 bridgehead atoms. The SMILES string of the molecule is COc1cc(OC)c2c(O)cccc2c1. The van der Waals surface area contributed by atoms with Crippen LogP contribution in [0, 0.1) is 0 Å². The van der Waals surface area contributed by atoms with E-state index in [9.17, 15) is 5.11 Å². The van der Waals surface area contributed by atoms with Gasteiger partial charge in [0, 0.05) is 6.07 Å². The monoisotopic (exact) mass is 204 g/mol. The average molecular weight is 204 g/mol. The molecule has 0 heterocycles. The summed E-state index contributed by atoms with van der Waals surface area (Å²) in [7, 11) is 3.17. The van der Waals surface area contributed by atoms with Gasteiger partial charge in [0.2, 0.25) is 0 Å².